The number of piperazine rings is 1. The molecule has 35 heavy (non-hydrogen) atoms. The summed E-state index contributed by atoms with van der Waals surface area (Å²) in [4.78, 5) is 23.5. The third-order valence-electron chi connectivity index (χ3n) is 9.06. The van der Waals surface area contributed by atoms with Gasteiger partial charge in [0.15, 0.2) is 9.84 Å². The molecule has 7 nitrogen and oxygen atoms in total. The fourth-order valence-corrected chi connectivity index (χ4v) is 9.23. The van der Waals surface area contributed by atoms with E-state index in [1.807, 2.05) is 11.8 Å². The third kappa shape index (κ3) is 4.94. The van der Waals surface area contributed by atoms with Crippen LogP contribution in [0.25, 0.3) is 0 Å². The van der Waals surface area contributed by atoms with Crippen molar-refractivity contribution in [1.82, 2.24) is 14.8 Å². The van der Waals surface area contributed by atoms with Crippen LogP contribution >= 0.6 is 11.3 Å². The number of thiazole rings is 1. The van der Waals surface area contributed by atoms with Gasteiger partial charge in [-0.1, -0.05) is 20.8 Å². The van der Waals surface area contributed by atoms with E-state index in [1.165, 1.54) is 16.2 Å². The number of amides is 1. The first kappa shape index (κ1) is 27.0. The van der Waals surface area contributed by atoms with Crippen molar-refractivity contribution >= 4 is 27.1 Å². The van der Waals surface area contributed by atoms with Gasteiger partial charge >= 0.3 is 0 Å². The predicted molar refractivity (Wildman–Crippen MR) is 140 cm³/mol. The number of likely N-dealkylation sites (N-methyl/N-ethyl adjacent to an activating group) is 1. The van der Waals surface area contributed by atoms with Crippen LogP contribution in [0.4, 0.5) is 0 Å². The van der Waals surface area contributed by atoms with E-state index in [4.69, 9.17) is 4.98 Å². The van der Waals surface area contributed by atoms with Crippen LogP contribution in [-0.2, 0) is 26.8 Å². The summed E-state index contributed by atoms with van der Waals surface area (Å²) < 4.78 is 24.8. The number of sulfone groups is 1. The molecule has 9 heteroatoms. The SMILES string of the molecule is C[C@H](C(=O)N1CCN(C)CC1)[C@@H]1CC[C@]2(C)Cc3sc(CS(=O)(=O)C(C)(C)C)nc3[C@H](C)[C@@H]2[C@H]1O. The smallest absolute Gasteiger partial charge is 0.225 e. The average Bonchev–Trinajstić information content (AvgIpc) is 3.13. The summed E-state index contributed by atoms with van der Waals surface area (Å²) in [7, 11) is -1.23. The molecule has 198 valence electrons. The molecule has 0 unspecified atom stereocenters. The molecule has 2 heterocycles. The van der Waals surface area contributed by atoms with Gasteiger partial charge in [-0.3, -0.25) is 4.79 Å². The Balaban J connectivity index is 1.54. The second kappa shape index (κ2) is 9.37. The molecule has 1 aliphatic heterocycles. The Labute approximate surface area is 215 Å². The van der Waals surface area contributed by atoms with E-state index in [2.05, 4.69) is 25.8 Å². The fraction of sp³-hybridized carbons (Fsp3) is 0.846. The quantitative estimate of drug-likeness (QED) is 0.649. The lowest BCUT2D eigenvalue weighted by Crippen LogP contribution is -2.55. The lowest BCUT2D eigenvalue weighted by molar-refractivity contribution is -0.146. The van der Waals surface area contributed by atoms with E-state index in [0.29, 0.717) is 5.01 Å². The maximum absolute atomic E-state index is 13.3. The molecule has 1 amide bonds. The molecule has 0 aromatic carbocycles. The molecular weight excluding hydrogens is 482 g/mol. The first-order valence-electron chi connectivity index (χ1n) is 13.0. The molecule has 1 saturated carbocycles. The van der Waals surface area contributed by atoms with Crippen molar-refractivity contribution in [2.75, 3.05) is 33.2 Å². The number of aliphatic hydroxyl groups is 1. The second-order valence-electron chi connectivity index (χ2n) is 12.5. The highest BCUT2D eigenvalue weighted by Crippen LogP contribution is 2.57. The van der Waals surface area contributed by atoms with Gasteiger partial charge in [0.1, 0.15) is 10.8 Å². The number of aromatic nitrogens is 1. The maximum Gasteiger partial charge on any atom is 0.225 e. The summed E-state index contributed by atoms with van der Waals surface area (Å²) in [6.45, 7) is 14.9. The molecule has 3 aliphatic rings. The fourth-order valence-electron chi connectivity index (χ4n) is 6.54. The summed E-state index contributed by atoms with van der Waals surface area (Å²) in [5.74, 6) is -0.124. The number of nitrogens with zero attached hydrogens (tertiary/aromatic N) is 3. The van der Waals surface area contributed by atoms with Crippen LogP contribution in [0.15, 0.2) is 0 Å². The Morgan fingerprint density at radius 1 is 1.26 bits per heavy atom. The zero-order valence-electron chi connectivity index (χ0n) is 22.4. The summed E-state index contributed by atoms with van der Waals surface area (Å²) in [6, 6.07) is 0. The molecule has 2 aliphatic carbocycles. The largest absolute Gasteiger partial charge is 0.392 e. The lowest BCUT2D eigenvalue weighted by Gasteiger charge is -2.53. The maximum atomic E-state index is 13.3. The van der Waals surface area contributed by atoms with Crippen LogP contribution in [0.5, 0.6) is 0 Å². The molecule has 1 N–H and O–H groups in total. The van der Waals surface area contributed by atoms with Crippen molar-refractivity contribution in [2.24, 2.45) is 23.2 Å². The van der Waals surface area contributed by atoms with Crippen molar-refractivity contribution in [2.45, 2.75) is 83.3 Å². The summed E-state index contributed by atoms with van der Waals surface area (Å²) in [6.07, 6.45) is 2.03. The zero-order valence-corrected chi connectivity index (χ0v) is 24.0. The molecule has 4 rings (SSSR count). The van der Waals surface area contributed by atoms with Gasteiger partial charge in [0.05, 0.1) is 16.5 Å². The normalized spacial score (nSPS) is 33.2. The summed E-state index contributed by atoms with van der Waals surface area (Å²) in [5, 5.41) is 12.3. The van der Waals surface area contributed by atoms with Crippen molar-refractivity contribution in [3.05, 3.63) is 15.6 Å². The minimum Gasteiger partial charge on any atom is -0.392 e. The molecule has 2 fully saturated rings. The highest BCUT2D eigenvalue weighted by molar-refractivity contribution is 7.92. The minimum absolute atomic E-state index is 0.00524. The molecule has 0 radical (unpaired) electrons. The van der Waals surface area contributed by atoms with Crippen LogP contribution in [0.2, 0.25) is 0 Å². The number of carbonyl (C=O) groups is 1. The number of fused-ring (bicyclic) bond motifs is 2. The molecular formula is C26H43N3O4S2. The predicted octanol–water partition coefficient (Wildman–Crippen LogP) is 3.32. The number of hydrogen-bond acceptors (Lipinski definition) is 7. The van der Waals surface area contributed by atoms with Crippen LogP contribution in [0.3, 0.4) is 0 Å². The van der Waals surface area contributed by atoms with Gasteiger partial charge in [0.25, 0.3) is 0 Å². The summed E-state index contributed by atoms with van der Waals surface area (Å²) >= 11 is 1.53. The van der Waals surface area contributed by atoms with Crippen molar-refractivity contribution in [3.8, 4) is 0 Å². The van der Waals surface area contributed by atoms with Gasteiger partial charge in [-0.2, -0.15) is 0 Å². The third-order valence-corrected chi connectivity index (χ3v) is 12.8. The first-order chi connectivity index (χ1) is 16.1. The average molecular weight is 526 g/mol. The molecule has 6 atom stereocenters. The highest BCUT2D eigenvalue weighted by Gasteiger charge is 2.54. The monoisotopic (exact) mass is 525 g/mol. The van der Waals surface area contributed by atoms with Crippen LogP contribution < -0.4 is 0 Å². The van der Waals surface area contributed by atoms with E-state index >= 15 is 0 Å². The zero-order chi connectivity index (χ0) is 25.9. The Morgan fingerprint density at radius 3 is 2.49 bits per heavy atom. The highest BCUT2D eigenvalue weighted by atomic mass is 32.2. The molecule has 1 saturated heterocycles. The van der Waals surface area contributed by atoms with E-state index in [9.17, 15) is 18.3 Å². The first-order valence-corrected chi connectivity index (χ1v) is 15.5. The van der Waals surface area contributed by atoms with Crippen LogP contribution in [0.1, 0.15) is 75.9 Å². The topological polar surface area (TPSA) is 90.8 Å². The van der Waals surface area contributed by atoms with Gasteiger partial charge in [-0.25, -0.2) is 13.4 Å². The summed E-state index contributed by atoms with van der Waals surface area (Å²) in [5.41, 5.74) is 0.875. The molecule has 1 aromatic heterocycles. The van der Waals surface area contributed by atoms with E-state index in [-0.39, 0.29) is 40.7 Å². The van der Waals surface area contributed by atoms with Gasteiger partial charge in [-0.05, 0) is 64.3 Å². The Morgan fingerprint density at radius 2 is 1.89 bits per heavy atom. The Kier molecular flexibility index (Phi) is 7.23. The van der Waals surface area contributed by atoms with E-state index < -0.39 is 20.7 Å². The van der Waals surface area contributed by atoms with E-state index in [1.54, 1.807) is 20.8 Å². The Hall–Kier alpha value is -1.03. The Bertz CT molecular complexity index is 1060. The second-order valence-corrected chi connectivity index (χ2v) is 16.5. The van der Waals surface area contributed by atoms with Crippen LogP contribution in [-0.4, -0.2) is 78.3 Å². The van der Waals surface area contributed by atoms with Crippen molar-refractivity contribution in [3.63, 3.8) is 0 Å². The number of rotatable bonds is 4. The van der Waals surface area contributed by atoms with Gasteiger partial charge in [0.2, 0.25) is 5.91 Å². The van der Waals surface area contributed by atoms with E-state index in [0.717, 1.165) is 51.1 Å². The number of carbonyl (C=O) groups excluding carboxylic acids is 1. The molecule has 0 bridgehead atoms. The number of aliphatic hydroxyl groups excluding tert-OH is 1. The number of hydrogen-bond donors (Lipinski definition) is 1. The minimum atomic E-state index is -3.31. The standard InChI is InChI=1S/C26H43N3O4S2/c1-16(24(31)29-12-10-28(7)11-13-29)18-8-9-26(6)14-19-22(17(2)21(26)23(18)30)27-20(34-19)15-35(32,33)25(3,4)5/h16-18,21,23,30H,8-15H2,1-7H3/t16-,17+,18-,21+,23-,26+/m0/s1. The van der Waals surface area contributed by atoms with Gasteiger partial charge in [-0.15, -0.1) is 11.3 Å². The van der Waals surface area contributed by atoms with Gasteiger partial charge < -0.3 is 14.9 Å². The van der Waals surface area contributed by atoms with Crippen molar-refractivity contribution in [1.29, 1.82) is 0 Å². The lowest BCUT2D eigenvalue weighted by atomic mass is 9.53. The molecule has 1 aromatic rings. The van der Waals surface area contributed by atoms with Gasteiger partial charge in [0, 0.05) is 42.9 Å². The molecule has 0 spiro atoms. The van der Waals surface area contributed by atoms with Crippen LogP contribution in [0, 0.1) is 23.2 Å². The van der Waals surface area contributed by atoms with Crippen molar-refractivity contribution < 1.29 is 18.3 Å².